The van der Waals surface area contributed by atoms with Crippen LogP contribution in [0.1, 0.15) is 38.3 Å². The number of likely N-dealkylation sites (tertiary alicyclic amines) is 1. The lowest BCUT2D eigenvalue weighted by molar-refractivity contribution is 0.0927. The summed E-state index contributed by atoms with van der Waals surface area (Å²) in [7, 11) is -1.93. The van der Waals surface area contributed by atoms with Crippen LogP contribution in [0.25, 0.3) is 6.08 Å². The first kappa shape index (κ1) is 23.2. The molecule has 0 saturated carbocycles. The molecule has 31 heavy (non-hydrogen) atoms. The Morgan fingerprint density at radius 2 is 1.84 bits per heavy atom. The van der Waals surface area contributed by atoms with Gasteiger partial charge in [0.25, 0.3) is 0 Å². The molecule has 0 N–H and O–H groups in total. The van der Waals surface area contributed by atoms with E-state index in [0.29, 0.717) is 6.54 Å². The molecule has 3 rings (SSSR count). The van der Waals surface area contributed by atoms with Gasteiger partial charge in [-0.15, -0.1) is 0 Å². The predicted octanol–water partition coefficient (Wildman–Crippen LogP) is 5.90. The SMILES string of the molecule is CC(C)(C)[Si](C)(C)O[C@@H]1C[C@@H](/C=C/c2ccncc2)N(C(=O)OCc2ccccc2)C1. The van der Waals surface area contributed by atoms with Crippen molar-refractivity contribution in [1.29, 1.82) is 0 Å². The van der Waals surface area contributed by atoms with Crippen LogP contribution in [0.4, 0.5) is 4.79 Å². The highest BCUT2D eigenvalue weighted by molar-refractivity contribution is 6.74. The maximum Gasteiger partial charge on any atom is 0.410 e. The molecule has 2 atom stereocenters. The number of amides is 1. The Balaban J connectivity index is 1.72. The molecule has 6 heteroatoms. The van der Waals surface area contributed by atoms with Crippen LogP contribution in [0.3, 0.4) is 0 Å². The largest absolute Gasteiger partial charge is 0.445 e. The molecule has 2 heterocycles. The molecule has 0 unspecified atom stereocenters. The second kappa shape index (κ2) is 9.79. The maximum absolute atomic E-state index is 13.0. The summed E-state index contributed by atoms with van der Waals surface area (Å²) in [5, 5.41) is 0.122. The van der Waals surface area contributed by atoms with Gasteiger partial charge in [-0.25, -0.2) is 4.79 Å². The van der Waals surface area contributed by atoms with Crippen molar-refractivity contribution in [2.75, 3.05) is 6.54 Å². The van der Waals surface area contributed by atoms with Crippen LogP contribution in [0.5, 0.6) is 0 Å². The van der Waals surface area contributed by atoms with Gasteiger partial charge in [-0.05, 0) is 47.8 Å². The van der Waals surface area contributed by atoms with Crippen molar-refractivity contribution < 1.29 is 14.0 Å². The van der Waals surface area contributed by atoms with Gasteiger partial charge in [0.05, 0.1) is 12.1 Å². The molecular formula is C25H34N2O3Si. The molecule has 0 aliphatic carbocycles. The van der Waals surface area contributed by atoms with Crippen LogP contribution in [0, 0.1) is 0 Å². The number of aromatic nitrogens is 1. The first-order valence-electron chi connectivity index (χ1n) is 10.9. The van der Waals surface area contributed by atoms with Gasteiger partial charge in [-0.2, -0.15) is 0 Å². The number of pyridine rings is 1. The Morgan fingerprint density at radius 1 is 1.16 bits per heavy atom. The number of carbonyl (C=O) groups excluding carboxylic acids is 1. The zero-order chi connectivity index (χ0) is 22.5. The van der Waals surface area contributed by atoms with E-state index in [1.807, 2.05) is 48.5 Å². The molecule has 1 aromatic heterocycles. The molecule has 1 aliphatic heterocycles. The Hall–Kier alpha value is -2.44. The molecule has 0 bridgehead atoms. The van der Waals surface area contributed by atoms with E-state index in [1.165, 1.54) is 0 Å². The Bertz CT molecular complexity index is 879. The summed E-state index contributed by atoms with van der Waals surface area (Å²) in [6.45, 7) is 12.0. The molecule has 1 amide bonds. The number of benzene rings is 1. The van der Waals surface area contributed by atoms with E-state index in [1.54, 1.807) is 17.3 Å². The van der Waals surface area contributed by atoms with E-state index >= 15 is 0 Å². The van der Waals surface area contributed by atoms with Gasteiger partial charge in [0.1, 0.15) is 6.61 Å². The third kappa shape index (κ3) is 6.28. The molecule has 0 radical (unpaired) electrons. The lowest BCUT2D eigenvalue weighted by Crippen LogP contribution is -2.44. The summed E-state index contributed by atoms with van der Waals surface area (Å²) < 4.78 is 12.3. The normalized spacial score (nSPS) is 19.7. The second-order valence-corrected chi connectivity index (χ2v) is 14.4. The average Bonchev–Trinajstić information content (AvgIpc) is 3.13. The summed E-state index contributed by atoms with van der Waals surface area (Å²) in [4.78, 5) is 18.8. The first-order chi connectivity index (χ1) is 14.7. The van der Waals surface area contributed by atoms with E-state index in [-0.39, 0.29) is 29.9 Å². The molecule has 1 aliphatic rings. The van der Waals surface area contributed by atoms with Crippen LogP contribution < -0.4 is 0 Å². The number of hydrogen-bond acceptors (Lipinski definition) is 4. The predicted molar refractivity (Wildman–Crippen MR) is 127 cm³/mol. The molecular weight excluding hydrogens is 404 g/mol. The van der Waals surface area contributed by atoms with Crippen molar-refractivity contribution in [3.05, 3.63) is 72.1 Å². The van der Waals surface area contributed by atoms with Crippen LogP contribution in [-0.4, -0.2) is 43.0 Å². The quantitative estimate of drug-likeness (QED) is 0.527. The minimum Gasteiger partial charge on any atom is -0.445 e. The molecule has 1 fully saturated rings. The summed E-state index contributed by atoms with van der Waals surface area (Å²) in [5.74, 6) is 0. The van der Waals surface area contributed by atoms with Gasteiger partial charge in [-0.3, -0.25) is 9.88 Å². The van der Waals surface area contributed by atoms with Crippen LogP contribution in [0.15, 0.2) is 60.9 Å². The monoisotopic (exact) mass is 438 g/mol. The second-order valence-electron chi connectivity index (χ2n) is 9.64. The van der Waals surface area contributed by atoms with E-state index < -0.39 is 8.32 Å². The summed E-state index contributed by atoms with van der Waals surface area (Å²) >= 11 is 0. The lowest BCUT2D eigenvalue weighted by atomic mass is 10.1. The van der Waals surface area contributed by atoms with Crippen molar-refractivity contribution in [2.45, 2.75) is 64.1 Å². The zero-order valence-corrected chi connectivity index (χ0v) is 20.2. The molecule has 166 valence electrons. The lowest BCUT2D eigenvalue weighted by Gasteiger charge is -2.38. The zero-order valence-electron chi connectivity index (χ0n) is 19.2. The van der Waals surface area contributed by atoms with E-state index in [0.717, 1.165) is 17.5 Å². The topological polar surface area (TPSA) is 51.7 Å². The fourth-order valence-corrected chi connectivity index (χ4v) is 4.75. The number of carbonyl (C=O) groups is 1. The molecule has 5 nitrogen and oxygen atoms in total. The van der Waals surface area contributed by atoms with Gasteiger partial charge in [0.15, 0.2) is 8.32 Å². The van der Waals surface area contributed by atoms with Gasteiger partial charge in [-0.1, -0.05) is 63.3 Å². The molecule has 1 saturated heterocycles. The van der Waals surface area contributed by atoms with Gasteiger partial charge in [0, 0.05) is 18.9 Å². The average molecular weight is 439 g/mol. The summed E-state index contributed by atoms with van der Waals surface area (Å²) in [6, 6.07) is 13.6. The Morgan fingerprint density at radius 3 is 2.48 bits per heavy atom. The highest BCUT2D eigenvalue weighted by Crippen LogP contribution is 2.39. The Labute approximate surface area is 187 Å². The number of ether oxygens (including phenoxy) is 1. The maximum atomic E-state index is 13.0. The van der Waals surface area contributed by atoms with E-state index in [2.05, 4.69) is 44.9 Å². The van der Waals surface area contributed by atoms with Gasteiger partial charge < -0.3 is 9.16 Å². The standard InChI is InChI=1S/C25H34N2O3Si/c1-25(2,3)31(4,5)30-23-17-22(12-11-20-13-15-26-16-14-20)27(18-23)24(28)29-19-21-9-7-6-8-10-21/h6-16,22-23H,17-19H2,1-5H3/b12-11+/t22-,23-/m1/s1. The van der Waals surface area contributed by atoms with Crippen molar-refractivity contribution >= 4 is 20.5 Å². The van der Waals surface area contributed by atoms with Gasteiger partial charge in [0.2, 0.25) is 0 Å². The smallest absolute Gasteiger partial charge is 0.410 e. The number of hydrogen-bond donors (Lipinski definition) is 0. The van der Waals surface area contributed by atoms with Crippen molar-refractivity contribution in [2.24, 2.45) is 0 Å². The first-order valence-corrected chi connectivity index (χ1v) is 13.8. The van der Waals surface area contributed by atoms with Crippen LogP contribution >= 0.6 is 0 Å². The number of rotatable bonds is 6. The fourth-order valence-electron chi connectivity index (χ4n) is 3.40. The van der Waals surface area contributed by atoms with E-state index in [9.17, 15) is 4.79 Å². The number of nitrogens with zero attached hydrogens (tertiary/aromatic N) is 2. The van der Waals surface area contributed by atoms with Crippen LogP contribution in [-0.2, 0) is 15.8 Å². The highest BCUT2D eigenvalue weighted by atomic mass is 28.4. The fraction of sp³-hybridized carbons (Fsp3) is 0.440. The minimum absolute atomic E-state index is 0.0113. The third-order valence-electron chi connectivity index (χ3n) is 6.23. The third-order valence-corrected chi connectivity index (χ3v) is 10.8. The summed E-state index contributed by atoms with van der Waals surface area (Å²) in [5.41, 5.74) is 2.04. The summed E-state index contributed by atoms with van der Waals surface area (Å²) in [6.07, 6.45) is 8.14. The Kier molecular flexibility index (Phi) is 7.33. The van der Waals surface area contributed by atoms with Crippen molar-refractivity contribution in [3.63, 3.8) is 0 Å². The van der Waals surface area contributed by atoms with E-state index in [4.69, 9.17) is 9.16 Å². The molecule has 2 aromatic rings. The molecule has 1 aromatic carbocycles. The highest BCUT2D eigenvalue weighted by Gasteiger charge is 2.43. The van der Waals surface area contributed by atoms with Gasteiger partial charge >= 0.3 is 6.09 Å². The van der Waals surface area contributed by atoms with Crippen molar-refractivity contribution in [1.82, 2.24) is 9.88 Å². The molecule has 0 spiro atoms. The minimum atomic E-state index is -1.93. The van der Waals surface area contributed by atoms with Crippen LogP contribution in [0.2, 0.25) is 18.1 Å². The van der Waals surface area contributed by atoms with Crippen molar-refractivity contribution in [3.8, 4) is 0 Å².